The Hall–Kier alpha value is -1.02. The molecule has 8 heteroatoms. The maximum absolute atomic E-state index is 11.3. The molecule has 0 amide bonds. The first-order valence-electron chi connectivity index (χ1n) is 5.68. The molecule has 0 radical (unpaired) electrons. The molecular formula is C11H14N2O4S2. The van der Waals surface area contributed by atoms with Crippen LogP contribution in [-0.2, 0) is 19.1 Å². The lowest BCUT2D eigenvalue weighted by atomic mass is 10.3. The summed E-state index contributed by atoms with van der Waals surface area (Å²) in [7, 11) is 2.72. The van der Waals surface area contributed by atoms with Gasteiger partial charge in [-0.05, 0) is 0 Å². The van der Waals surface area contributed by atoms with Crippen molar-refractivity contribution in [2.24, 2.45) is 9.98 Å². The summed E-state index contributed by atoms with van der Waals surface area (Å²) in [6, 6.07) is -0.818. The standard InChI is InChI=1S/C11H14N2O4S2/c1-16-10(14)6-4-18-8(12-6)3-9-13-7(5-19-9)11(15)17-2/h6-7H,3-5H2,1-2H3/t6-,7-/m1/s1. The Morgan fingerprint density at radius 3 is 1.84 bits per heavy atom. The van der Waals surface area contributed by atoms with Crippen molar-refractivity contribution in [1.82, 2.24) is 0 Å². The van der Waals surface area contributed by atoms with Gasteiger partial charge in [-0.25, -0.2) is 9.59 Å². The summed E-state index contributed by atoms with van der Waals surface area (Å²) in [5.74, 6) is 0.604. The first kappa shape index (κ1) is 14.4. The van der Waals surface area contributed by atoms with Crippen LogP contribution in [0.25, 0.3) is 0 Å². The smallest absolute Gasteiger partial charge is 0.331 e. The first-order chi connectivity index (χ1) is 9.13. The highest BCUT2D eigenvalue weighted by atomic mass is 32.2. The predicted octanol–water partition coefficient (Wildman–Crippen LogP) is 0.750. The lowest BCUT2D eigenvalue weighted by Crippen LogP contribution is -2.19. The third kappa shape index (κ3) is 3.50. The average molecular weight is 302 g/mol. The van der Waals surface area contributed by atoms with Crippen molar-refractivity contribution in [2.75, 3.05) is 25.7 Å². The van der Waals surface area contributed by atoms with Gasteiger partial charge < -0.3 is 9.47 Å². The van der Waals surface area contributed by atoms with Gasteiger partial charge in [0, 0.05) is 17.9 Å². The zero-order chi connectivity index (χ0) is 13.8. The van der Waals surface area contributed by atoms with Gasteiger partial charge in [-0.15, -0.1) is 23.5 Å². The van der Waals surface area contributed by atoms with Crippen LogP contribution in [0.15, 0.2) is 9.98 Å². The number of carbonyl (C=O) groups is 2. The molecule has 0 aliphatic carbocycles. The summed E-state index contributed by atoms with van der Waals surface area (Å²) in [5.41, 5.74) is 0. The van der Waals surface area contributed by atoms with E-state index in [-0.39, 0.29) is 11.9 Å². The van der Waals surface area contributed by atoms with Gasteiger partial charge in [0.05, 0.1) is 24.3 Å². The molecule has 0 aromatic rings. The minimum absolute atomic E-state index is 0.309. The van der Waals surface area contributed by atoms with Crippen molar-refractivity contribution < 1.29 is 19.1 Å². The van der Waals surface area contributed by atoms with Crippen LogP contribution in [0.1, 0.15) is 6.42 Å². The molecule has 2 atom stereocenters. The topological polar surface area (TPSA) is 77.3 Å². The molecule has 0 saturated carbocycles. The number of esters is 2. The SMILES string of the molecule is COC(=O)[C@H]1CSC(CC2=N[C@@H](C(=O)OC)CS2)=N1. The van der Waals surface area contributed by atoms with E-state index in [1.807, 2.05) is 0 Å². The van der Waals surface area contributed by atoms with Gasteiger partial charge in [-0.3, -0.25) is 9.98 Å². The molecule has 0 aromatic heterocycles. The molecule has 0 N–H and O–H groups in total. The van der Waals surface area contributed by atoms with E-state index in [4.69, 9.17) is 0 Å². The lowest BCUT2D eigenvalue weighted by Gasteiger charge is -2.01. The van der Waals surface area contributed by atoms with Crippen LogP contribution >= 0.6 is 23.5 Å². The second-order valence-corrected chi connectivity index (χ2v) is 6.11. The Kier molecular flexibility index (Phi) is 4.87. The number of hydrogen-bond acceptors (Lipinski definition) is 8. The molecule has 2 rings (SSSR count). The summed E-state index contributed by atoms with van der Waals surface area (Å²) in [6.45, 7) is 0. The molecule has 0 unspecified atom stereocenters. The number of hydrogen-bond donors (Lipinski definition) is 0. The highest BCUT2D eigenvalue weighted by molar-refractivity contribution is 8.16. The lowest BCUT2D eigenvalue weighted by molar-refractivity contribution is -0.142. The molecule has 0 bridgehead atoms. The fourth-order valence-electron chi connectivity index (χ4n) is 1.68. The zero-order valence-electron chi connectivity index (χ0n) is 10.6. The molecule has 0 aromatic carbocycles. The fraction of sp³-hybridized carbons (Fsp3) is 0.636. The molecule has 19 heavy (non-hydrogen) atoms. The number of ether oxygens (including phenoxy) is 2. The number of aliphatic imine (C=N–C) groups is 2. The number of thioether (sulfide) groups is 2. The fourth-order valence-corrected chi connectivity index (χ4v) is 3.78. The van der Waals surface area contributed by atoms with E-state index < -0.39 is 12.1 Å². The minimum atomic E-state index is -0.409. The summed E-state index contributed by atoms with van der Waals surface area (Å²) < 4.78 is 9.32. The van der Waals surface area contributed by atoms with Gasteiger partial charge in [0.2, 0.25) is 0 Å². The van der Waals surface area contributed by atoms with Gasteiger partial charge in [0.15, 0.2) is 12.1 Å². The third-order valence-electron chi connectivity index (χ3n) is 2.66. The van der Waals surface area contributed by atoms with Crippen molar-refractivity contribution in [3.05, 3.63) is 0 Å². The number of carbonyl (C=O) groups excluding carboxylic acids is 2. The van der Waals surface area contributed by atoms with E-state index >= 15 is 0 Å². The maximum Gasteiger partial charge on any atom is 0.331 e. The molecule has 6 nitrogen and oxygen atoms in total. The van der Waals surface area contributed by atoms with Crippen LogP contribution in [0.5, 0.6) is 0 Å². The van der Waals surface area contributed by atoms with Crippen molar-refractivity contribution in [3.63, 3.8) is 0 Å². The third-order valence-corrected chi connectivity index (χ3v) is 4.80. The summed E-state index contributed by atoms with van der Waals surface area (Å²) in [5, 5.41) is 1.74. The zero-order valence-corrected chi connectivity index (χ0v) is 12.3. The summed E-state index contributed by atoms with van der Waals surface area (Å²) in [4.78, 5) is 31.3. The summed E-state index contributed by atoms with van der Waals surface area (Å²) in [6.07, 6.45) is 0.580. The quantitative estimate of drug-likeness (QED) is 0.713. The summed E-state index contributed by atoms with van der Waals surface area (Å²) >= 11 is 3.07. The number of nitrogens with zero attached hydrogens (tertiary/aromatic N) is 2. The Labute approximate surface area is 119 Å². The van der Waals surface area contributed by atoms with Gasteiger partial charge >= 0.3 is 11.9 Å². The van der Waals surface area contributed by atoms with Crippen LogP contribution < -0.4 is 0 Å². The Morgan fingerprint density at radius 1 is 1.05 bits per heavy atom. The van der Waals surface area contributed by atoms with Gasteiger partial charge in [-0.1, -0.05) is 0 Å². The van der Waals surface area contributed by atoms with Crippen molar-refractivity contribution in [3.8, 4) is 0 Å². The molecular weight excluding hydrogens is 288 g/mol. The Morgan fingerprint density at radius 2 is 1.47 bits per heavy atom. The highest BCUT2D eigenvalue weighted by Crippen LogP contribution is 2.27. The van der Waals surface area contributed by atoms with Gasteiger partial charge in [-0.2, -0.15) is 0 Å². The second kappa shape index (κ2) is 6.42. The number of methoxy groups -OCH3 is 2. The normalized spacial score (nSPS) is 25.8. The van der Waals surface area contributed by atoms with Crippen LogP contribution in [0.2, 0.25) is 0 Å². The predicted molar refractivity (Wildman–Crippen MR) is 76.0 cm³/mol. The molecule has 2 heterocycles. The van der Waals surface area contributed by atoms with E-state index in [1.165, 1.54) is 37.7 Å². The monoisotopic (exact) mass is 302 g/mol. The Balaban J connectivity index is 1.93. The second-order valence-electron chi connectivity index (χ2n) is 3.92. The number of rotatable bonds is 4. The minimum Gasteiger partial charge on any atom is -0.467 e. The van der Waals surface area contributed by atoms with Crippen molar-refractivity contribution in [2.45, 2.75) is 18.5 Å². The van der Waals surface area contributed by atoms with Crippen LogP contribution in [0.4, 0.5) is 0 Å². The van der Waals surface area contributed by atoms with Crippen LogP contribution in [0.3, 0.4) is 0 Å². The average Bonchev–Trinajstić information content (AvgIpc) is 3.07. The Bertz CT molecular complexity index is 410. The molecule has 2 aliphatic rings. The van der Waals surface area contributed by atoms with Crippen LogP contribution in [-0.4, -0.2) is 59.8 Å². The van der Waals surface area contributed by atoms with Crippen LogP contribution in [0, 0.1) is 0 Å². The van der Waals surface area contributed by atoms with Gasteiger partial charge in [0.25, 0.3) is 0 Å². The molecule has 2 aliphatic heterocycles. The molecule has 0 fully saturated rings. The van der Waals surface area contributed by atoms with E-state index in [0.29, 0.717) is 17.9 Å². The molecule has 0 spiro atoms. The van der Waals surface area contributed by atoms with E-state index in [1.54, 1.807) is 0 Å². The van der Waals surface area contributed by atoms with Gasteiger partial charge in [0.1, 0.15) is 0 Å². The highest BCUT2D eigenvalue weighted by Gasteiger charge is 2.29. The first-order valence-corrected chi connectivity index (χ1v) is 7.65. The van der Waals surface area contributed by atoms with Crippen molar-refractivity contribution in [1.29, 1.82) is 0 Å². The van der Waals surface area contributed by atoms with E-state index in [0.717, 1.165) is 10.1 Å². The van der Waals surface area contributed by atoms with E-state index in [9.17, 15) is 9.59 Å². The van der Waals surface area contributed by atoms with E-state index in [2.05, 4.69) is 19.5 Å². The largest absolute Gasteiger partial charge is 0.467 e. The van der Waals surface area contributed by atoms with Crippen molar-refractivity contribution >= 4 is 45.5 Å². The maximum atomic E-state index is 11.3. The molecule has 0 saturated heterocycles. The molecule has 104 valence electrons.